The summed E-state index contributed by atoms with van der Waals surface area (Å²) in [6.07, 6.45) is 0.220. The molecule has 0 fully saturated rings. The van der Waals surface area contributed by atoms with Gasteiger partial charge in [-0.25, -0.2) is 0 Å². The fourth-order valence-corrected chi connectivity index (χ4v) is 1.47. The molecule has 90 valence electrons. The molecule has 1 aromatic rings. The molecule has 0 amide bonds. The van der Waals surface area contributed by atoms with Crippen LogP contribution in [0.5, 0.6) is 5.75 Å². The minimum atomic E-state index is 0.00203. The Morgan fingerprint density at radius 1 is 1.25 bits per heavy atom. The smallest absolute Gasteiger partial charge is 0.127 e. The number of benzene rings is 1. The zero-order valence-electron chi connectivity index (χ0n) is 10.2. The second-order valence-electron chi connectivity index (χ2n) is 3.99. The molecule has 16 heavy (non-hydrogen) atoms. The number of aliphatic hydroxyl groups excluding tert-OH is 1. The quantitative estimate of drug-likeness (QED) is 0.753. The first-order chi connectivity index (χ1) is 7.65. The Kier molecular flexibility index (Phi) is 5.29. The van der Waals surface area contributed by atoms with Crippen molar-refractivity contribution in [3.8, 4) is 5.75 Å². The van der Waals surface area contributed by atoms with Crippen molar-refractivity contribution in [3.05, 3.63) is 29.3 Å². The number of ether oxygens (including phenoxy) is 2. The number of hydrogen-bond acceptors (Lipinski definition) is 3. The molecule has 3 heteroatoms. The van der Waals surface area contributed by atoms with E-state index in [0.717, 1.165) is 16.9 Å². The highest BCUT2D eigenvalue weighted by Gasteiger charge is 2.05. The molecule has 3 nitrogen and oxygen atoms in total. The van der Waals surface area contributed by atoms with Crippen molar-refractivity contribution in [2.24, 2.45) is 0 Å². The van der Waals surface area contributed by atoms with Crippen molar-refractivity contribution in [2.75, 3.05) is 13.2 Å². The number of rotatable bonds is 6. The molecule has 0 saturated carbocycles. The summed E-state index contributed by atoms with van der Waals surface area (Å²) in [4.78, 5) is 0. The van der Waals surface area contributed by atoms with Crippen molar-refractivity contribution in [1.82, 2.24) is 0 Å². The number of para-hydroxylation sites is 1. The van der Waals surface area contributed by atoms with Crippen LogP contribution in [-0.4, -0.2) is 24.4 Å². The topological polar surface area (TPSA) is 38.7 Å². The summed E-state index contributed by atoms with van der Waals surface area (Å²) < 4.78 is 11.0. The maximum absolute atomic E-state index is 9.18. The van der Waals surface area contributed by atoms with Gasteiger partial charge in [-0.1, -0.05) is 18.2 Å². The zero-order chi connectivity index (χ0) is 12.0. The second-order valence-corrected chi connectivity index (χ2v) is 3.99. The van der Waals surface area contributed by atoms with E-state index in [4.69, 9.17) is 9.47 Å². The van der Waals surface area contributed by atoms with Gasteiger partial charge in [0, 0.05) is 5.56 Å². The molecule has 0 bridgehead atoms. The lowest BCUT2D eigenvalue weighted by Gasteiger charge is -2.13. The van der Waals surface area contributed by atoms with Crippen LogP contribution in [0.3, 0.4) is 0 Å². The monoisotopic (exact) mass is 224 g/mol. The summed E-state index contributed by atoms with van der Waals surface area (Å²) in [6, 6.07) is 5.75. The highest BCUT2D eigenvalue weighted by molar-refractivity contribution is 5.40. The molecule has 0 saturated heterocycles. The lowest BCUT2D eigenvalue weighted by atomic mass is 10.1. The Bertz CT molecular complexity index is 321. The number of aryl methyl sites for hydroxylation is 1. The standard InChI is InChI=1S/C13H20O3/c1-10(2)15-7-8-16-13-11(3)5-4-6-12(13)9-14/h4-6,10,14H,7-9H2,1-3H3. The van der Waals surface area contributed by atoms with Crippen molar-refractivity contribution in [3.63, 3.8) is 0 Å². The predicted octanol–water partition coefficient (Wildman–Crippen LogP) is 2.29. The van der Waals surface area contributed by atoms with E-state index < -0.39 is 0 Å². The van der Waals surface area contributed by atoms with Crippen LogP contribution in [0.15, 0.2) is 18.2 Å². The molecule has 0 heterocycles. The Balaban J connectivity index is 2.52. The molecule has 1 rings (SSSR count). The molecule has 0 aliphatic carbocycles. The van der Waals surface area contributed by atoms with Crippen LogP contribution in [0.25, 0.3) is 0 Å². The van der Waals surface area contributed by atoms with Crippen LogP contribution in [0.2, 0.25) is 0 Å². The normalized spacial score (nSPS) is 10.8. The van der Waals surface area contributed by atoms with Gasteiger partial charge >= 0.3 is 0 Å². The average molecular weight is 224 g/mol. The third-order valence-corrected chi connectivity index (χ3v) is 2.24. The van der Waals surface area contributed by atoms with E-state index in [-0.39, 0.29) is 12.7 Å². The van der Waals surface area contributed by atoms with Crippen molar-refractivity contribution in [2.45, 2.75) is 33.5 Å². The first-order valence-corrected chi connectivity index (χ1v) is 5.59. The van der Waals surface area contributed by atoms with Gasteiger partial charge in [0.05, 0.1) is 19.3 Å². The fraction of sp³-hybridized carbons (Fsp3) is 0.538. The second kappa shape index (κ2) is 6.51. The molecule has 0 aliphatic rings. The largest absolute Gasteiger partial charge is 0.491 e. The van der Waals surface area contributed by atoms with E-state index in [0.29, 0.717) is 13.2 Å². The lowest BCUT2D eigenvalue weighted by molar-refractivity contribution is 0.0546. The molecular formula is C13H20O3. The van der Waals surface area contributed by atoms with E-state index in [1.807, 2.05) is 39.0 Å². The zero-order valence-corrected chi connectivity index (χ0v) is 10.2. The first-order valence-electron chi connectivity index (χ1n) is 5.59. The van der Waals surface area contributed by atoms with Gasteiger partial charge in [0.25, 0.3) is 0 Å². The van der Waals surface area contributed by atoms with Crippen LogP contribution in [0.1, 0.15) is 25.0 Å². The van der Waals surface area contributed by atoms with Gasteiger partial charge in [0.15, 0.2) is 0 Å². The van der Waals surface area contributed by atoms with Crippen molar-refractivity contribution in [1.29, 1.82) is 0 Å². The molecule has 0 aromatic heterocycles. The highest BCUT2D eigenvalue weighted by Crippen LogP contribution is 2.23. The minimum absolute atomic E-state index is 0.00203. The Morgan fingerprint density at radius 3 is 2.62 bits per heavy atom. The first kappa shape index (κ1) is 13.0. The molecular weight excluding hydrogens is 204 g/mol. The van der Waals surface area contributed by atoms with Gasteiger partial charge < -0.3 is 14.6 Å². The van der Waals surface area contributed by atoms with Crippen LogP contribution in [0.4, 0.5) is 0 Å². The Hall–Kier alpha value is -1.06. The Morgan fingerprint density at radius 2 is 2.00 bits per heavy atom. The van der Waals surface area contributed by atoms with Crippen LogP contribution in [-0.2, 0) is 11.3 Å². The summed E-state index contributed by atoms with van der Waals surface area (Å²) in [5.41, 5.74) is 1.86. The van der Waals surface area contributed by atoms with Gasteiger partial charge in [0.1, 0.15) is 12.4 Å². The number of aliphatic hydroxyl groups is 1. The van der Waals surface area contributed by atoms with E-state index in [1.165, 1.54) is 0 Å². The summed E-state index contributed by atoms with van der Waals surface area (Å²) in [6.45, 7) is 7.03. The number of hydrogen-bond donors (Lipinski definition) is 1. The summed E-state index contributed by atoms with van der Waals surface area (Å²) in [5, 5.41) is 9.18. The molecule has 1 N–H and O–H groups in total. The van der Waals surface area contributed by atoms with E-state index in [2.05, 4.69) is 0 Å². The van der Waals surface area contributed by atoms with Crippen LogP contribution in [0, 0.1) is 6.92 Å². The van der Waals surface area contributed by atoms with E-state index in [9.17, 15) is 5.11 Å². The summed E-state index contributed by atoms with van der Waals surface area (Å²) >= 11 is 0. The minimum Gasteiger partial charge on any atom is -0.491 e. The van der Waals surface area contributed by atoms with Crippen molar-refractivity contribution >= 4 is 0 Å². The Labute approximate surface area is 97.0 Å². The van der Waals surface area contributed by atoms with Gasteiger partial charge in [-0.15, -0.1) is 0 Å². The SMILES string of the molecule is Cc1cccc(CO)c1OCCOC(C)C. The van der Waals surface area contributed by atoms with Gasteiger partial charge in [0.2, 0.25) is 0 Å². The molecule has 0 spiro atoms. The van der Waals surface area contributed by atoms with Crippen LogP contribution >= 0.6 is 0 Å². The lowest BCUT2D eigenvalue weighted by Crippen LogP contribution is -2.12. The van der Waals surface area contributed by atoms with Crippen molar-refractivity contribution < 1.29 is 14.6 Å². The maximum atomic E-state index is 9.18. The molecule has 1 aromatic carbocycles. The van der Waals surface area contributed by atoms with E-state index in [1.54, 1.807) is 0 Å². The van der Waals surface area contributed by atoms with Gasteiger partial charge in [-0.2, -0.15) is 0 Å². The third-order valence-electron chi connectivity index (χ3n) is 2.24. The molecule has 0 aliphatic heterocycles. The third kappa shape index (κ3) is 3.83. The predicted molar refractivity (Wildman–Crippen MR) is 63.7 cm³/mol. The molecule has 0 radical (unpaired) electrons. The summed E-state index contributed by atoms with van der Waals surface area (Å²) in [5.74, 6) is 0.775. The highest BCUT2D eigenvalue weighted by atomic mass is 16.5. The fourth-order valence-electron chi connectivity index (χ4n) is 1.47. The maximum Gasteiger partial charge on any atom is 0.127 e. The van der Waals surface area contributed by atoms with Crippen LogP contribution < -0.4 is 4.74 Å². The van der Waals surface area contributed by atoms with Gasteiger partial charge in [-0.3, -0.25) is 0 Å². The molecule has 0 unspecified atom stereocenters. The average Bonchev–Trinajstić information content (AvgIpc) is 2.25. The van der Waals surface area contributed by atoms with Gasteiger partial charge in [-0.05, 0) is 26.3 Å². The van der Waals surface area contributed by atoms with E-state index >= 15 is 0 Å². The summed E-state index contributed by atoms with van der Waals surface area (Å²) in [7, 11) is 0. The molecule has 0 atom stereocenters.